The second-order valence-electron chi connectivity index (χ2n) is 4.95. The summed E-state index contributed by atoms with van der Waals surface area (Å²) in [6.07, 6.45) is 1.99. The summed E-state index contributed by atoms with van der Waals surface area (Å²) in [5.74, 6) is -0.245. The van der Waals surface area contributed by atoms with Crippen molar-refractivity contribution in [2.75, 3.05) is 20.3 Å². The van der Waals surface area contributed by atoms with E-state index in [1.807, 2.05) is 19.9 Å². The van der Waals surface area contributed by atoms with E-state index < -0.39 is 0 Å². The van der Waals surface area contributed by atoms with E-state index >= 15 is 0 Å². The van der Waals surface area contributed by atoms with Crippen molar-refractivity contribution >= 4 is 11.6 Å². The van der Waals surface area contributed by atoms with Gasteiger partial charge < -0.3 is 15.2 Å². The lowest BCUT2D eigenvalue weighted by Crippen LogP contribution is -2.39. The van der Waals surface area contributed by atoms with Crippen molar-refractivity contribution in [1.82, 2.24) is 19.9 Å². The largest absolute Gasteiger partial charge is 0.396 e. The number of amides is 1. The van der Waals surface area contributed by atoms with Crippen LogP contribution in [0, 0.1) is 13.8 Å². The fraction of sp³-hybridized carbons (Fsp3) is 0.500. The van der Waals surface area contributed by atoms with Gasteiger partial charge in [0.25, 0.3) is 5.91 Å². The van der Waals surface area contributed by atoms with E-state index in [0.29, 0.717) is 24.2 Å². The van der Waals surface area contributed by atoms with Crippen molar-refractivity contribution in [3.8, 4) is 0 Å². The number of rotatable bonds is 6. The molecule has 0 radical (unpaired) electrons. The minimum absolute atomic E-state index is 0.0110. The van der Waals surface area contributed by atoms with Gasteiger partial charge in [-0.2, -0.15) is 5.10 Å². The van der Waals surface area contributed by atoms with E-state index in [-0.39, 0.29) is 18.6 Å². The minimum Gasteiger partial charge on any atom is -0.396 e. The molecule has 0 spiro atoms. The number of nitrogens with zero attached hydrogens (tertiary/aromatic N) is 3. The fourth-order valence-electron chi connectivity index (χ4n) is 2.20. The van der Waals surface area contributed by atoms with Crippen LogP contribution in [0.15, 0.2) is 12.3 Å². The zero-order valence-corrected chi connectivity index (χ0v) is 12.5. The Hall–Kier alpha value is -1.99. The molecule has 0 aliphatic rings. The van der Waals surface area contributed by atoms with Crippen LogP contribution in [-0.2, 0) is 4.74 Å². The van der Waals surface area contributed by atoms with E-state index in [4.69, 9.17) is 9.84 Å². The highest BCUT2D eigenvalue weighted by Crippen LogP contribution is 2.11. The Morgan fingerprint density at radius 3 is 2.95 bits per heavy atom. The molecule has 7 heteroatoms. The molecule has 114 valence electrons. The molecular weight excluding hydrogens is 272 g/mol. The highest BCUT2D eigenvalue weighted by molar-refractivity contribution is 5.95. The molecule has 1 unspecified atom stereocenters. The SMILES string of the molecule is COCC(CCO)NC(=O)c1cnc2cc(C)nn2c1C. The van der Waals surface area contributed by atoms with Gasteiger partial charge >= 0.3 is 0 Å². The smallest absolute Gasteiger partial charge is 0.254 e. The number of methoxy groups -OCH3 is 1. The third-order valence-electron chi connectivity index (χ3n) is 3.27. The summed E-state index contributed by atoms with van der Waals surface area (Å²) in [5.41, 5.74) is 2.75. The average molecular weight is 292 g/mol. The molecule has 21 heavy (non-hydrogen) atoms. The summed E-state index contributed by atoms with van der Waals surface area (Å²) < 4.78 is 6.69. The number of nitrogens with one attached hydrogen (secondary N) is 1. The van der Waals surface area contributed by atoms with Crippen LogP contribution in [0.5, 0.6) is 0 Å². The summed E-state index contributed by atoms with van der Waals surface area (Å²) in [7, 11) is 1.56. The van der Waals surface area contributed by atoms with Gasteiger partial charge in [-0.3, -0.25) is 4.79 Å². The first kappa shape index (κ1) is 15.4. The maximum atomic E-state index is 12.3. The van der Waals surface area contributed by atoms with Gasteiger partial charge in [-0.25, -0.2) is 9.50 Å². The first-order valence-corrected chi connectivity index (χ1v) is 6.79. The van der Waals surface area contributed by atoms with Crippen LogP contribution in [0.1, 0.15) is 28.2 Å². The molecule has 2 aromatic rings. The Bertz CT molecular complexity index is 632. The Labute approximate surface area is 122 Å². The Kier molecular flexibility index (Phi) is 4.87. The van der Waals surface area contributed by atoms with Gasteiger partial charge in [-0.1, -0.05) is 0 Å². The van der Waals surface area contributed by atoms with Gasteiger partial charge in [-0.15, -0.1) is 0 Å². The molecule has 1 amide bonds. The quantitative estimate of drug-likeness (QED) is 0.808. The van der Waals surface area contributed by atoms with E-state index in [1.54, 1.807) is 17.8 Å². The highest BCUT2D eigenvalue weighted by Gasteiger charge is 2.17. The molecule has 7 nitrogen and oxygen atoms in total. The van der Waals surface area contributed by atoms with Gasteiger partial charge in [-0.05, 0) is 20.3 Å². The molecule has 0 bridgehead atoms. The third-order valence-corrected chi connectivity index (χ3v) is 3.27. The van der Waals surface area contributed by atoms with Crippen LogP contribution in [0.25, 0.3) is 5.65 Å². The van der Waals surface area contributed by atoms with Gasteiger partial charge in [0.1, 0.15) is 0 Å². The van der Waals surface area contributed by atoms with Crippen LogP contribution in [-0.4, -0.2) is 52.0 Å². The van der Waals surface area contributed by atoms with E-state index in [9.17, 15) is 4.79 Å². The summed E-state index contributed by atoms with van der Waals surface area (Å²) in [4.78, 5) is 16.6. The lowest BCUT2D eigenvalue weighted by atomic mass is 10.2. The number of fused-ring (bicyclic) bond motifs is 1. The Morgan fingerprint density at radius 2 is 2.29 bits per heavy atom. The van der Waals surface area contributed by atoms with E-state index in [1.165, 1.54) is 0 Å². The second kappa shape index (κ2) is 6.64. The van der Waals surface area contributed by atoms with Gasteiger partial charge in [0.05, 0.1) is 29.6 Å². The minimum atomic E-state index is -0.245. The van der Waals surface area contributed by atoms with E-state index in [2.05, 4.69) is 15.4 Å². The molecule has 1 atom stereocenters. The lowest BCUT2D eigenvalue weighted by Gasteiger charge is -2.17. The van der Waals surface area contributed by atoms with Crippen molar-refractivity contribution < 1.29 is 14.6 Å². The number of aromatic nitrogens is 3. The average Bonchev–Trinajstić information content (AvgIpc) is 2.81. The number of hydrogen-bond acceptors (Lipinski definition) is 5. The standard InChI is InChI=1S/C14H20N4O3/c1-9-6-13-15-7-12(10(2)18(13)17-9)14(20)16-11(4-5-19)8-21-3/h6-7,11,19H,4-5,8H2,1-3H3,(H,16,20). The Morgan fingerprint density at radius 1 is 1.52 bits per heavy atom. The number of carbonyl (C=O) groups is 1. The summed E-state index contributed by atoms with van der Waals surface area (Å²) in [6.45, 7) is 4.04. The summed E-state index contributed by atoms with van der Waals surface area (Å²) in [6, 6.07) is 1.62. The number of aryl methyl sites for hydroxylation is 2. The van der Waals surface area contributed by atoms with Crippen molar-refractivity contribution in [2.24, 2.45) is 0 Å². The zero-order chi connectivity index (χ0) is 15.4. The number of ether oxygens (including phenoxy) is 1. The molecule has 0 fully saturated rings. The highest BCUT2D eigenvalue weighted by atomic mass is 16.5. The van der Waals surface area contributed by atoms with Crippen molar-refractivity contribution in [3.05, 3.63) is 29.2 Å². The van der Waals surface area contributed by atoms with Crippen LogP contribution in [0.2, 0.25) is 0 Å². The second-order valence-corrected chi connectivity index (χ2v) is 4.95. The number of hydrogen-bond donors (Lipinski definition) is 2. The fourth-order valence-corrected chi connectivity index (χ4v) is 2.20. The molecule has 2 aromatic heterocycles. The number of aliphatic hydroxyl groups is 1. The number of carbonyl (C=O) groups excluding carboxylic acids is 1. The molecule has 2 N–H and O–H groups in total. The maximum Gasteiger partial charge on any atom is 0.254 e. The topological polar surface area (TPSA) is 88.8 Å². The normalized spacial score (nSPS) is 12.6. The predicted molar refractivity (Wildman–Crippen MR) is 77.3 cm³/mol. The van der Waals surface area contributed by atoms with Gasteiger partial charge in [0, 0.05) is 26.0 Å². The van der Waals surface area contributed by atoms with Crippen LogP contribution >= 0.6 is 0 Å². The van der Waals surface area contributed by atoms with Crippen molar-refractivity contribution in [1.29, 1.82) is 0 Å². The van der Waals surface area contributed by atoms with E-state index in [0.717, 1.165) is 11.4 Å². The lowest BCUT2D eigenvalue weighted by molar-refractivity contribution is 0.0877. The zero-order valence-electron chi connectivity index (χ0n) is 12.5. The van der Waals surface area contributed by atoms with Crippen molar-refractivity contribution in [2.45, 2.75) is 26.3 Å². The molecular formula is C14H20N4O3. The van der Waals surface area contributed by atoms with Crippen molar-refractivity contribution in [3.63, 3.8) is 0 Å². The molecule has 0 saturated carbocycles. The summed E-state index contributed by atoms with van der Waals surface area (Å²) >= 11 is 0. The molecule has 0 aromatic carbocycles. The molecule has 0 aliphatic heterocycles. The molecule has 0 aliphatic carbocycles. The molecule has 0 saturated heterocycles. The maximum absolute atomic E-state index is 12.3. The molecule has 2 heterocycles. The first-order chi connectivity index (χ1) is 10.1. The third kappa shape index (κ3) is 3.37. The predicted octanol–water partition coefficient (Wildman–Crippen LogP) is 0.473. The van der Waals surface area contributed by atoms with Crippen LogP contribution in [0.4, 0.5) is 0 Å². The summed E-state index contributed by atoms with van der Waals surface area (Å²) in [5, 5.41) is 16.2. The Balaban J connectivity index is 2.24. The van der Waals surface area contributed by atoms with Crippen LogP contribution < -0.4 is 5.32 Å². The number of aliphatic hydroxyl groups excluding tert-OH is 1. The monoisotopic (exact) mass is 292 g/mol. The van der Waals surface area contributed by atoms with Gasteiger partial charge in [0.15, 0.2) is 5.65 Å². The van der Waals surface area contributed by atoms with Crippen LogP contribution in [0.3, 0.4) is 0 Å². The van der Waals surface area contributed by atoms with Gasteiger partial charge in [0.2, 0.25) is 0 Å². The molecule has 2 rings (SSSR count). The first-order valence-electron chi connectivity index (χ1n) is 6.79.